The van der Waals surface area contributed by atoms with Gasteiger partial charge in [0, 0.05) is 17.7 Å². The first-order valence-electron chi connectivity index (χ1n) is 13.7. The second kappa shape index (κ2) is 12.9. The first-order valence-corrected chi connectivity index (χ1v) is 14.5. The Morgan fingerprint density at radius 3 is 2.42 bits per heavy atom. The maximum atomic E-state index is 13.9. The summed E-state index contributed by atoms with van der Waals surface area (Å²) < 4.78 is 19.1. The van der Waals surface area contributed by atoms with E-state index in [2.05, 4.69) is 4.99 Å². The van der Waals surface area contributed by atoms with Gasteiger partial charge in [-0.15, -0.1) is 0 Å². The van der Waals surface area contributed by atoms with Crippen molar-refractivity contribution < 1.29 is 23.9 Å². The fourth-order valence-electron chi connectivity index (χ4n) is 4.77. The van der Waals surface area contributed by atoms with E-state index in [-0.39, 0.29) is 24.5 Å². The predicted octanol–water partition coefficient (Wildman–Crippen LogP) is 4.68. The van der Waals surface area contributed by atoms with E-state index < -0.39 is 16.9 Å². The summed E-state index contributed by atoms with van der Waals surface area (Å²) in [6, 6.07) is 20.0. The smallest absolute Gasteiger partial charge is 0.338 e. The highest BCUT2D eigenvalue weighted by molar-refractivity contribution is 7.07. The lowest BCUT2D eigenvalue weighted by atomic mass is 9.95. The molecule has 5 rings (SSSR count). The van der Waals surface area contributed by atoms with E-state index in [0.29, 0.717) is 44.3 Å². The molecule has 0 bridgehead atoms. The molecule has 0 saturated heterocycles. The van der Waals surface area contributed by atoms with E-state index in [1.807, 2.05) is 43.3 Å². The number of nitrogens with zero attached hydrogens (tertiary/aromatic N) is 3. The number of carbonyl (C=O) groups is 1. The number of rotatable bonds is 10. The van der Waals surface area contributed by atoms with Crippen LogP contribution in [-0.2, 0) is 16.1 Å². The van der Waals surface area contributed by atoms with E-state index in [4.69, 9.17) is 14.2 Å². The summed E-state index contributed by atoms with van der Waals surface area (Å²) in [5.41, 5.74) is 2.76. The molecule has 1 aliphatic rings. The molecule has 1 aromatic heterocycles. The summed E-state index contributed by atoms with van der Waals surface area (Å²) in [4.78, 5) is 42.6. The van der Waals surface area contributed by atoms with E-state index in [9.17, 15) is 19.7 Å². The number of hydrogen-bond acceptors (Lipinski definition) is 9. The van der Waals surface area contributed by atoms with Gasteiger partial charge in [-0.3, -0.25) is 19.5 Å². The van der Waals surface area contributed by atoms with Crippen molar-refractivity contribution in [2.45, 2.75) is 33.4 Å². The van der Waals surface area contributed by atoms with Gasteiger partial charge in [0.2, 0.25) is 0 Å². The van der Waals surface area contributed by atoms with Crippen molar-refractivity contribution in [1.29, 1.82) is 0 Å². The van der Waals surface area contributed by atoms with E-state index in [1.54, 1.807) is 44.2 Å². The van der Waals surface area contributed by atoms with Crippen LogP contribution in [0.25, 0.3) is 6.08 Å². The molecule has 0 aliphatic carbocycles. The van der Waals surface area contributed by atoms with Gasteiger partial charge in [-0.1, -0.05) is 41.7 Å². The zero-order valence-electron chi connectivity index (χ0n) is 23.8. The van der Waals surface area contributed by atoms with Crippen molar-refractivity contribution in [3.05, 3.63) is 131 Å². The van der Waals surface area contributed by atoms with Crippen LogP contribution in [0.15, 0.2) is 93.9 Å². The predicted molar refractivity (Wildman–Crippen MR) is 162 cm³/mol. The fraction of sp³-hybridized carbons (Fsp3) is 0.219. The van der Waals surface area contributed by atoms with E-state index >= 15 is 0 Å². The van der Waals surface area contributed by atoms with Crippen LogP contribution in [-0.4, -0.2) is 28.7 Å². The molecule has 0 fully saturated rings. The molecule has 43 heavy (non-hydrogen) atoms. The van der Waals surface area contributed by atoms with Crippen LogP contribution in [0.2, 0.25) is 0 Å². The van der Waals surface area contributed by atoms with E-state index in [0.717, 1.165) is 11.1 Å². The normalized spacial score (nSPS) is 14.6. The Labute approximate surface area is 251 Å². The minimum atomic E-state index is -0.768. The molecular formula is C32H29N3O7S. The number of thiazole rings is 1. The van der Waals surface area contributed by atoms with Crippen molar-refractivity contribution in [2.24, 2.45) is 4.99 Å². The summed E-state index contributed by atoms with van der Waals surface area (Å²) in [7, 11) is 0. The van der Waals surface area contributed by atoms with Crippen molar-refractivity contribution in [1.82, 2.24) is 4.57 Å². The molecule has 220 valence electrons. The van der Waals surface area contributed by atoms with Gasteiger partial charge in [-0.2, -0.15) is 0 Å². The van der Waals surface area contributed by atoms with Crippen LogP contribution in [0.3, 0.4) is 0 Å². The molecule has 3 aromatic carbocycles. The molecule has 0 amide bonds. The average Bonchev–Trinajstić information content (AvgIpc) is 3.30. The number of non-ortho nitro benzene ring substituents is 1. The standard InChI is InChI=1S/C32H29N3O7S/c1-4-40-26-9-7-6-8-25(26)29-28(31(37)41-5-2)20(3)33-32-34(29)30(36)27(43-32)18-21-12-16-24(17-13-21)42-19-22-10-14-23(15-11-22)35(38)39/h6-18,29H,4-5,19H2,1-3H3/b27-18-/t29-/m1/s1. The highest BCUT2D eigenvalue weighted by atomic mass is 32.1. The van der Waals surface area contributed by atoms with Gasteiger partial charge < -0.3 is 14.2 Å². The maximum Gasteiger partial charge on any atom is 0.338 e. The van der Waals surface area contributed by atoms with Crippen molar-refractivity contribution >= 4 is 29.1 Å². The third-order valence-corrected chi connectivity index (χ3v) is 7.74. The van der Waals surface area contributed by atoms with Crippen LogP contribution in [0.1, 0.15) is 43.5 Å². The third kappa shape index (κ3) is 6.26. The second-order valence-electron chi connectivity index (χ2n) is 9.55. The Morgan fingerprint density at radius 1 is 1.02 bits per heavy atom. The number of aromatic nitrogens is 1. The Bertz CT molecular complexity index is 1870. The highest BCUT2D eigenvalue weighted by Crippen LogP contribution is 2.35. The zero-order chi connectivity index (χ0) is 30.5. The quantitative estimate of drug-likeness (QED) is 0.147. The monoisotopic (exact) mass is 599 g/mol. The summed E-state index contributed by atoms with van der Waals surface area (Å²) in [6.07, 6.45) is 1.78. The minimum Gasteiger partial charge on any atom is -0.494 e. The van der Waals surface area contributed by atoms with Crippen molar-refractivity contribution in [3.8, 4) is 11.5 Å². The van der Waals surface area contributed by atoms with Crippen LogP contribution in [0.5, 0.6) is 11.5 Å². The lowest BCUT2D eigenvalue weighted by molar-refractivity contribution is -0.384. The molecule has 0 unspecified atom stereocenters. The number of nitro groups is 1. The Kier molecular flexibility index (Phi) is 8.82. The molecule has 0 N–H and O–H groups in total. The van der Waals surface area contributed by atoms with Gasteiger partial charge >= 0.3 is 5.97 Å². The third-order valence-electron chi connectivity index (χ3n) is 6.76. The number of esters is 1. The molecule has 10 nitrogen and oxygen atoms in total. The Hall–Kier alpha value is -5.03. The SMILES string of the molecule is CCOC(=O)C1=C(C)N=c2s/c(=C\c3ccc(OCc4ccc([N+](=O)[O-])cc4)cc3)c(=O)n2[C@@H]1c1ccccc1OCC. The maximum absolute atomic E-state index is 13.9. The van der Waals surface area contributed by atoms with Gasteiger partial charge in [0.1, 0.15) is 24.1 Å². The largest absolute Gasteiger partial charge is 0.494 e. The van der Waals surface area contributed by atoms with Crippen LogP contribution in [0.4, 0.5) is 5.69 Å². The summed E-state index contributed by atoms with van der Waals surface area (Å²) in [5, 5.41) is 10.9. The number of fused-ring (bicyclic) bond motifs is 1. The van der Waals surface area contributed by atoms with Gasteiger partial charge in [0.25, 0.3) is 11.2 Å². The van der Waals surface area contributed by atoms with Gasteiger partial charge in [-0.25, -0.2) is 9.79 Å². The van der Waals surface area contributed by atoms with Crippen LogP contribution >= 0.6 is 11.3 Å². The van der Waals surface area contributed by atoms with Gasteiger partial charge in [0.15, 0.2) is 4.80 Å². The number of nitro benzene ring substituents is 1. The molecule has 11 heteroatoms. The molecule has 1 atom stereocenters. The zero-order valence-corrected chi connectivity index (χ0v) is 24.6. The number of ether oxygens (including phenoxy) is 3. The minimum absolute atomic E-state index is 0.0236. The molecule has 4 aromatic rings. The van der Waals surface area contributed by atoms with Gasteiger partial charge in [-0.05, 0) is 68.3 Å². The highest BCUT2D eigenvalue weighted by Gasteiger charge is 2.35. The second-order valence-corrected chi connectivity index (χ2v) is 10.6. The van der Waals surface area contributed by atoms with Crippen LogP contribution in [0, 0.1) is 10.1 Å². The van der Waals surface area contributed by atoms with Crippen molar-refractivity contribution in [3.63, 3.8) is 0 Å². The topological polar surface area (TPSA) is 122 Å². The Balaban J connectivity index is 1.48. The summed E-state index contributed by atoms with van der Waals surface area (Å²) in [5.74, 6) is 0.656. The number of allylic oxidation sites excluding steroid dienone is 1. The van der Waals surface area contributed by atoms with Crippen LogP contribution < -0.4 is 24.4 Å². The molecule has 1 aliphatic heterocycles. The first kappa shape index (κ1) is 29.5. The number of para-hydroxylation sites is 1. The molecular weight excluding hydrogens is 570 g/mol. The number of benzene rings is 3. The molecule has 0 spiro atoms. The summed E-state index contributed by atoms with van der Waals surface area (Å²) >= 11 is 1.24. The summed E-state index contributed by atoms with van der Waals surface area (Å²) in [6.45, 7) is 6.22. The fourth-order valence-corrected chi connectivity index (χ4v) is 5.82. The molecule has 0 saturated carbocycles. The Morgan fingerprint density at radius 2 is 1.74 bits per heavy atom. The number of carbonyl (C=O) groups excluding carboxylic acids is 1. The molecule has 0 radical (unpaired) electrons. The number of hydrogen-bond donors (Lipinski definition) is 0. The van der Waals surface area contributed by atoms with E-state index in [1.165, 1.54) is 28.0 Å². The first-order chi connectivity index (χ1) is 20.8. The lowest BCUT2D eigenvalue weighted by Crippen LogP contribution is -2.40. The van der Waals surface area contributed by atoms with Gasteiger partial charge in [0.05, 0.1) is 33.9 Å². The lowest BCUT2D eigenvalue weighted by Gasteiger charge is -2.26. The average molecular weight is 600 g/mol. The van der Waals surface area contributed by atoms with Crippen molar-refractivity contribution in [2.75, 3.05) is 13.2 Å². The molecule has 2 heterocycles.